The fraction of sp³-hybridized carbons (Fsp3) is 0.538. The van der Waals surface area contributed by atoms with E-state index in [9.17, 15) is 0 Å². The molecular weight excluding hydrogens is 291 g/mol. The lowest BCUT2D eigenvalue weighted by Crippen LogP contribution is -2.49. The molecule has 2 aliphatic heterocycles. The highest BCUT2D eigenvalue weighted by Crippen LogP contribution is 2.35. The molecule has 2 heterocycles. The van der Waals surface area contributed by atoms with E-state index in [0.29, 0.717) is 6.04 Å². The molecule has 1 fully saturated rings. The van der Waals surface area contributed by atoms with E-state index in [0.717, 1.165) is 24.5 Å². The second-order valence-electron chi connectivity index (χ2n) is 4.87. The fourth-order valence-electron chi connectivity index (χ4n) is 2.93. The molecule has 1 aromatic carbocycles. The molecule has 3 rings (SSSR count). The highest BCUT2D eigenvalue weighted by atomic mass is 35.5. The third-order valence-electron chi connectivity index (χ3n) is 3.86. The summed E-state index contributed by atoms with van der Waals surface area (Å²) in [5.74, 6) is 0. The number of rotatable bonds is 0. The van der Waals surface area contributed by atoms with Crippen LogP contribution >= 0.6 is 36.4 Å². The van der Waals surface area contributed by atoms with Crippen LogP contribution in [0, 0.1) is 0 Å². The van der Waals surface area contributed by atoms with Gasteiger partial charge in [-0.25, -0.2) is 0 Å². The third kappa shape index (κ3) is 2.78. The first-order valence-electron chi connectivity index (χ1n) is 5.95. The van der Waals surface area contributed by atoms with Gasteiger partial charge in [0.1, 0.15) is 0 Å². The van der Waals surface area contributed by atoms with Crippen LogP contribution in [0.2, 0.25) is 5.02 Å². The van der Waals surface area contributed by atoms with E-state index in [1.807, 2.05) is 6.07 Å². The highest BCUT2D eigenvalue weighted by molar-refractivity contribution is 6.31. The standard InChI is InChI=1S/C13H17ClN2.2ClH/c1-15-7-8-16-6-5-10-11(13(16)9-15)3-2-4-12(10)14;;/h2-4,13H,5-9H2,1H3;2*1H. The van der Waals surface area contributed by atoms with E-state index < -0.39 is 0 Å². The van der Waals surface area contributed by atoms with Crippen molar-refractivity contribution < 1.29 is 0 Å². The van der Waals surface area contributed by atoms with Crippen molar-refractivity contribution in [3.05, 3.63) is 34.3 Å². The fourth-order valence-corrected chi connectivity index (χ4v) is 3.20. The summed E-state index contributed by atoms with van der Waals surface area (Å²) in [6.07, 6.45) is 1.11. The zero-order chi connectivity index (χ0) is 11.1. The Labute approximate surface area is 126 Å². The summed E-state index contributed by atoms with van der Waals surface area (Å²) in [5.41, 5.74) is 2.83. The summed E-state index contributed by atoms with van der Waals surface area (Å²) in [5, 5.41) is 0.949. The van der Waals surface area contributed by atoms with E-state index in [1.165, 1.54) is 24.2 Å². The first-order chi connectivity index (χ1) is 7.75. The molecule has 18 heavy (non-hydrogen) atoms. The van der Waals surface area contributed by atoms with Gasteiger partial charge in [0.2, 0.25) is 0 Å². The van der Waals surface area contributed by atoms with Gasteiger partial charge in [-0.2, -0.15) is 0 Å². The normalized spacial score (nSPS) is 23.3. The molecule has 102 valence electrons. The quantitative estimate of drug-likeness (QED) is 0.727. The van der Waals surface area contributed by atoms with Gasteiger partial charge in [-0.3, -0.25) is 4.90 Å². The van der Waals surface area contributed by atoms with Crippen molar-refractivity contribution in [3.8, 4) is 0 Å². The minimum absolute atomic E-state index is 0. The van der Waals surface area contributed by atoms with Crippen molar-refractivity contribution in [1.29, 1.82) is 0 Å². The summed E-state index contributed by atoms with van der Waals surface area (Å²) in [6.45, 7) is 4.67. The number of piperazine rings is 1. The smallest absolute Gasteiger partial charge is 0.0479 e. The zero-order valence-electron chi connectivity index (χ0n) is 10.4. The SMILES string of the molecule is CN1CCN2CCc3c(Cl)cccc3C2C1.Cl.Cl. The molecule has 0 radical (unpaired) electrons. The van der Waals surface area contributed by atoms with Gasteiger partial charge in [-0.15, -0.1) is 24.8 Å². The number of halogens is 3. The van der Waals surface area contributed by atoms with Crippen LogP contribution in [0.25, 0.3) is 0 Å². The molecule has 0 saturated carbocycles. The molecule has 0 amide bonds. The molecule has 0 bridgehead atoms. The van der Waals surface area contributed by atoms with Crippen LogP contribution in [0.5, 0.6) is 0 Å². The molecule has 0 N–H and O–H groups in total. The molecule has 2 aliphatic rings. The average molecular weight is 310 g/mol. The number of hydrogen-bond acceptors (Lipinski definition) is 2. The monoisotopic (exact) mass is 308 g/mol. The van der Waals surface area contributed by atoms with Crippen LogP contribution in [-0.2, 0) is 6.42 Å². The summed E-state index contributed by atoms with van der Waals surface area (Å²) in [7, 11) is 2.20. The van der Waals surface area contributed by atoms with Crippen LogP contribution in [0.4, 0.5) is 0 Å². The van der Waals surface area contributed by atoms with Gasteiger partial charge in [0.25, 0.3) is 0 Å². The lowest BCUT2D eigenvalue weighted by atomic mass is 9.91. The molecule has 1 saturated heterocycles. The first-order valence-corrected chi connectivity index (χ1v) is 6.33. The summed E-state index contributed by atoms with van der Waals surface area (Å²) in [6, 6.07) is 6.90. The van der Waals surface area contributed by atoms with E-state index in [-0.39, 0.29) is 24.8 Å². The Morgan fingerprint density at radius 1 is 1.17 bits per heavy atom. The van der Waals surface area contributed by atoms with Crippen LogP contribution in [0.15, 0.2) is 18.2 Å². The van der Waals surface area contributed by atoms with Gasteiger partial charge in [-0.1, -0.05) is 23.7 Å². The molecule has 1 aromatic rings. The van der Waals surface area contributed by atoms with E-state index in [2.05, 4.69) is 29.0 Å². The minimum atomic E-state index is 0. The van der Waals surface area contributed by atoms with Crippen LogP contribution in [-0.4, -0.2) is 43.0 Å². The molecule has 0 spiro atoms. The number of fused-ring (bicyclic) bond motifs is 3. The second-order valence-corrected chi connectivity index (χ2v) is 5.28. The lowest BCUT2D eigenvalue weighted by Gasteiger charge is -2.44. The number of benzene rings is 1. The van der Waals surface area contributed by atoms with Crippen LogP contribution in [0.3, 0.4) is 0 Å². The van der Waals surface area contributed by atoms with E-state index in [1.54, 1.807) is 0 Å². The van der Waals surface area contributed by atoms with Crippen molar-refractivity contribution in [3.63, 3.8) is 0 Å². The zero-order valence-corrected chi connectivity index (χ0v) is 12.8. The Morgan fingerprint density at radius 3 is 2.72 bits per heavy atom. The minimum Gasteiger partial charge on any atom is -0.303 e. The summed E-state index contributed by atoms with van der Waals surface area (Å²) < 4.78 is 0. The Bertz CT molecular complexity index is 411. The Hall–Kier alpha value is 0.01000. The van der Waals surface area contributed by atoms with Crippen molar-refractivity contribution >= 4 is 36.4 Å². The number of nitrogens with zero attached hydrogens (tertiary/aromatic N) is 2. The Kier molecular flexibility index (Phi) is 5.75. The van der Waals surface area contributed by atoms with Gasteiger partial charge in [0, 0.05) is 37.2 Å². The lowest BCUT2D eigenvalue weighted by molar-refractivity contribution is 0.0826. The molecule has 1 atom stereocenters. The second kappa shape index (κ2) is 6.44. The maximum Gasteiger partial charge on any atom is 0.0479 e. The maximum atomic E-state index is 6.28. The number of hydrogen-bond donors (Lipinski definition) is 0. The first kappa shape index (κ1) is 16.1. The van der Waals surface area contributed by atoms with Gasteiger partial charge < -0.3 is 4.90 Å². The maximum absolute atomic E-state index is 6.28. The summed E-state index contributed by atoms with van der Waals surface area (Å²) in [4.78, 5) is 5.01. The van der Waals surface area contributed by atoms with Gasteiger partial charge >= 0.3 is 0 Å². The van der Waals surface area contributed by atoms with Gasteiger partial charge in [0.15, 0.2) is 0 Å². The third-order valence-corrected chi connectivity index (χ3v) is 4.21. The van der Waals surface area contributed by atoms with Crippen molar-refractivity contribution in [2.45, 2.75) is 12.5 Å². The van der Waals surface area contributed by atoms with Crippen molar-refractivity contribution in [2.75, 3.05) is 33.2 Å². The van der Waals surface area contributed by atoms with Crippen LogP contribution in [0.1, 0.15) is 17.2 Å². The molecule has 0 aromatic heterocycles. The molecule has 5 heteroatoms. The molecule has 0 aliphatic carbocycles. The summed E-state index contributed by atoms with van der Waals surface area (Å²) >= 11 is 6.28. The molecule has 2 nitrogen and oxygen atoms in total. The average Bonchev–Trinajstić information content (AvgIpc) is 2.29. The largest absolute Gasteiger partial charge is 0.303 e. The van der Waals surface area contributed by atoms with Gasteiger partial charge in [-0.05, 0) is 30.7 Å². The van der Waals surface area contributed by atoms with Crippen molar-refractivity contribution in [2.24, 2.45) is 0 Å². The topological polar surface area (TPSA) is 6.48 Å². The van der Waals surface area contributed by atoms with E-state index in [4.69, 9.17) is 11.6 Å². The Balaban J connectivity index is 0.000000810. The predicted molar refractivity (Wildman–Crippen MR) is 81.5 cm³/mol. The molecular formula is C13H19Cl3N2. The molecule has 1 unspecified atom stereocenters. The van der Waals surface area contributed by atoms with Gasteiger partial charge in [0.05, 0.1) is 0 Å². The number of likely N-dealkylation sites (N-methyl/N-ethyl adjacent to an activating group) is 1. The van der Waals surface area contributed by atoms with Crippen molar-refractivity contribution in [1.82, 2.24) is 9.80 Å². The van der Waals surface area contributed by atoms with Crippen LogP contribution < -0.4 is 0 Å². The highest BCUT2D eigenvalue weighted by Gasteiger charge is 2.31. The Morgan fingerprint density at radius 2 is 1.94 bits per heavy atom. The van der Waals surface area contributed by atoms with E-state index >= 15 is 0 Å². The predicted octanol–water partition coefficient (Wildman–Crippen LogP) is 3.03.